The van der Waals surface area contributed by atoms with Crippen LogP contribution in [0.2, 0.25) is 0 Å². The Morgan fingerprint density at radius 3 is 2.58 bits per heavy atom. The predicted octanol–water partition coefficient (Wildman–Crippen LogP) is 4.60. The molecule has 1 aromatic carbocycles. The maximum Gasteiger partial charge on any atom is 0.163 e. The quantitative estimate of drug-likeness (QED) is 0.774. The molecule has 1 heterocycles. The topological polar surface area (TPSA) is 30.5 Å². The van der Waals surface area contributed by atoms with Crippen LogP contribution in [0.3, 0.4) is 0 Å². The summed E-state index contributed by atoms with van der Waals surface area (Å²) in [6.45, 7) is 5.70. The molecule has 1 aliphatic rings. The molecule has 1 unspecified atom stereocenters. The van der Waals surface area contributed by atoms with Gasteiger partial charge in [-0.15, -0.1) is 0 Å². The van der Waals surface area contributed by atoms with Crippen molar-refractivity contribution in [2.75, 3.05) is 18.5 Å². The summed E-state index contributed by atoms with van der Waals surface area (Å²) in [6, 6.07) is 4.47. The summed E-state index contributed by atoms with van der Waals surface area (Å²) in [5, 5.41) is 3.54. The van der Waals surface area contributed by atoms with Crippen LogP contribution in [0.15, 0.2) is 16.6 Å². The minimum Gasteiger partial charge on any atom is -0.486 e. The number of rotatable bonds is 6. The van der Waals surface area contributed by atoms with E-state index >= 15 is 0 Å². The zero-order valence-electron chi connectivity index (χ0n) is 11.7. The van der Waals surface area contributed by atoms with Crippen molar-refractivity contribution in [1.82, 2.24) is 0 Å². The minimum absolute atomic E-state index is 0.463. The lowest BCUT2D eigenvalue weighted by molar-refractivity contribution is 0.171. The van der Waals surface area contributed by atoms with Crippen LogP contribution in [-0.2, 0) is 0 Å². The summed E-state index contributed by atoms with van der Waals surface area (Å²) in [5.41, 5.74) is 1.08. The molecular formula is C15H22BrNO2. The fourth-order valence-electron chi connectivity index (χ4n) is 2.21. The first-order valence-electron chi connectivity index (χ1n) is 7.06. The second-order valence-corrected chi connectivity index (χ2v) is 5.87. The van der Waals surface area contributed by atoms with Crippen molar-refractivity contribution in [3.05, 3.63) is 16.6 Å². The van der Waals surface area contributed by atoms with E-state index in [9.17, 15) is 0 Å². The Labute approximate surface area is 123 Å². The van der Waals surface area contributed by atoms with E-state index < -0.39 is 0 Å². The molecule has 0 spiro atoms. The van der Waals surface area contributed by atoms with Gasteiger partial charge in [0.15, 0.2) is 11.5 Å². The summed E-state index contributed by atoms with van der Waals surface area (Å²) in [7, 11) is 0. The lowest BCUT2D eigenvalue weighted by Gasteiger charge is -2.22. The fourth-order valence-corrected chi connectivity index (χ4v) is 2.65. The number of halogens is 1. The van der Waals surface area contributed by atoms with Crippen molar-refractivity contribution in [3.63, 3.8) is 0 Å². The maximum absolute atomic E-state index is 5.61. The van der Waals surface area contributed by atoms with Crippen molar-refractivity contribution in [1.29, 1.82) is 0 Å². The molecule has 1 aliphatic heterocycles. The van der Waals surface area contributed by atoms with Crippen LogP contribution < -0.4 is 14.8 Å². The van der Waals surface area contributed by atoms with E-state index in [2.05, 4.69) is 35.1 Å². The second-order valence-electron chi connectivity index (χ2n) is 5.02. The molecule has 3 nitrogen and oxygen atoms in total. The first-order valence-corrected chi connectivity index (χ1v) is 7.85. The zero-order valence-corrected chi connectivity index (χ0v) is 13.3. The molecule has 0 saturated heterocycles. The van der Waals surface area contributed by atoms with Gasteiger partial charge in [-0.05, 0) is 29.3 Å². The molecule has 1 N–H and O–H groups in total. The third kappa shape index (κ3) is 4.03. The highest BCUT2D eigenvalue weighted by Gasteiger charge is 2.15. The Morgan fingerprint density at radius 2 is 1.89 bits per heavy atom. The van der Waals surface area contributed by atoms with Gasteiger partial charge in [-0.3, -0.25) is 0 Å². The van der Waals surface area contributed by atoms with E-state index in [-0.39, 0.29) is 0 Å². The number of anilines is 1. The van der Waals surface area contributed by atoms with Crippen molar-refractivity contribution in [2.24, 2.45) is 0 Å². The van der Waals surface area contributed by atoms with Crippen LogP contribution >= 0.6 is 15.9 Å². The Hall–Kier alpha value is -0.900. The molecule has 4 heteroatoms. The Balaban J connectivity index is 1.99. The van der Waals surface area contributed by atoms with Crippen LogP contribution in [-0.4, -0.2) is 19.3 Å². The number of benzene rings is 1. The first-order chi connectivity index (χ1) is 9.20. The molecule has 19 heavy (non-hydrogen) atoms. The zero-order chi connectivity index (χ0) is 13.7. The van der Waals surface area contributed by atoms with E-state index in [0.717, 1.165) is 21.7 Å². The first kappa shape index (κ1) is 14.5. The molecule has 106 valence electrons. The average molecular weight is 328 g/mol. The van der Waals surface area contributed by atoms with Crippen LogP contribution in [0.4, 0.5) is 5.69 Å². The van der Waals surface area contributed by atoms with Crippen molar-refractivity contribution < 1.29 is 9.47 Å². The highest BCUT2D eigenvalue weighted by atomic mass is 79.9. The van der Waals surface area contributed by atoms with E-state index in [1.807, 2.05) is 12.1 Å². The summed E-state index contributed by atoms with van der Waals surface area (Å²) in [6.07, 6.45) is 5.02. The van der Waals surface area contributed by atoms with Crippen LogP contribution in [0.1, 0.15) is 39.5 Å². The number of unbranched alkanes of at least 4 members (excludes halogenated alkanes) is 2. The van der Waals surface area contributed by atoms with Gasteiger partial charge < -0.3 is 14.8 Å². The molecule has 0 bridgehead atoms. The van der Waals surface area contributed by atoms with Gasteiger partial charge in [-0.1, -0.05) is 26.2 Å². The average Bonchev–Trinajstić information content (AvgIpc) is 2.40. The predicted molar refractivity (Wildman–Crippen MR) is 82.4 cm³/mol. The molecule has 0 aliphatic carbocycles. The van der Waals surface area contributed by atoms with Gasteiger partial charge in [-0.2, -0.15) is 0 Å². The van der Waals surface area contributed by atoms with Crippen LogP contribution in [0.25, 0.3) is 0 Å². The third-order valence-corrected chi connectivity index (χ3v) is 3.93. The monoisotopic (exact) mass is 327 g/mol. The van der Waals surface area contributed by atoms with Gasteiger partial charge in [0.05, 0.1) is 5.69 Å². The lowest BCUT2D eigenvalue weighted by Crippen LogP contribution is -2.18. The van der Waals surface area contributed by atoms with E-state index in [0.29, 0.717) is 19.3 Å². The van der Waals surface area contributed by atoms with Crippen molar-refractivity contribution in [2.45, 2.75) is 45.6 Å². The van der Waals surface area contributed by atoms with Gasteiger partial charge in [-0.25, -0.2) is 0 Å². The van der Waals surface area contributed by atoms with E-state index in [4.69, 9.17) is 9.47 Å². The second kappa shape index (κ2) is 7.04. The molecule has 1 atom stereocenters. The standard InChI is InChI=1S/C15H22BrNO2/c1-3-4-5-6-11(2)17-13-10-15-14(9-12(13)16)18-7-8-19-15/h9-11,17H,3-8H2,1-2H3. The van der Waals surface area contributed by atoms with E-state index in [1.54, 1.807) is 0 Å². The number of hydrogen-bond donors (Lipinski definition) is 1. The molecule has 2 rings (SSSR count). The number of nitrogens with one attached hydrogen (secondary N) is 1. The SMILES string of the molecule is CCCCCC(C)Nc1cc2c(cc1Br)OCCO2. The molecule has 0 saturated carbocycles. The molecular weight excluding hydrogens is 306 g/mol. The van der Waals surface area contributed by atoms with Gasteiger partial charge >= 0.3 is 0 Å². The normalized spacial score (nSPS) is 15.1. The van der Waals surface area contributed by atoms with Gasteiger partial charge in [0.25, 0.3) is 0 Å². The lowest BCUT2D eigenvalue weighted by atomic mass is 10.1. The number of fused-ring (bicyclic) bond motifs is 1. The maximum atomic E-state index is 5.61. The highest BCUT2D eigenvalue weighted by molar-refractivity contribution is 9.10. The Bertz CT molecular complexity index is 423. The smallest absolute Gasteiger partial charge is 0.163 e. The van der Waals surface area contributed by atoms with Gasteiger partial charge in [0, 0.05) is 22.6 Å². The van der Waals surface area contributed by atoms with Gasteiger partial charge in [0.1, 0.15) is 13.2 Å². The van der Waals surface area contributed by atoms with Crippen LogP contribution in [0.5, 0.6) is 11.5 Å². The van der Waals surface area contributed by atoms with Crippen molar-refractivity contribution >= 4 is 21.6 Å². The molecule has 0 fully saturated rings. The molecule has 1 aromatic rings. The van der Waals surface area contributed by atoms with Gasteiger partial charge in [0.2, 0.25) is 0 Å². The summed E-state index contributed by atoms with van der Waals surface area (Å²) >= 11 is 3.59. The fraction of sp³-hybridized carbons (Fsp3) is 0.600. The number of hydrogen-bond acceptors (Lipinski definition) is 3. The van der Waals surface area contributed by atoms with E-state index in [1.165, 1.54) is 25.7 Å². The highest BCUT2D eigenvalue weighted by Crippen LogP contribution is 2.38. The number of ether oxygens (including phenoxy) is 2. The van der Waals surface area contributed by atoms with Crippen LogP contribution in [0, 0.1) is 0 Å². The molecule has 0 aromatic heterocycles. The third-order valence-electron chi connectivity index (χ3n) is 3.27. The van der Waals surface area contributed by atoms with Crippen molar-refractivity contribution in [3.8, 4) is 11.5 Å². The Kier molecular flexibility index (Phi) is 5.37. The molecule has 0 amide bonds. The Morgan fingerprint density at radius 1 is 1.21 bits per heavy atom. The molecule has 0 radical (unpaired) electrons. The summed E-state index contributed by atoms with van der Waals surface area (Å²) in [4.78, 5) is 0. The minimum atomic E-state index is 0.463. The largest absolute Gasteiger partial charge is 0.486 e. The summed E-state index contributed by atoms with van der Waals surface area (Å²) < 4.78 is 12.2. The summed E-state index contributed by atoms with van der Waals surface area (Å²) in [5.74, 6) is 1.65.